The number of rotatable bonds is 7. The fourth-order valence-electron chi connectivity index (χ4n) is 3.15. The highest BCUT2D eigenvalue weighted by Gasteiger charge is 2.38. The lowest BCUT2D eigenvalue weighted by Crippen LogP contribution is -2.54. The van der Waals surface area contributed by atoms with E-state index in [1.807, 2.05) is 44.2 Å². The molecule has 2 rings (SSSR count). The maximum Gasteiger partial charge on any atom is 0.326 e. The molecule has 3 atom stereocenters. The molecule has 136 valence electrons. The number of carboxylic acid groups (broad SMARTS) is 1. The summed E-state index contributed by atoms with van der Waals surface area (Å²) in [4.78, 5) is 38.0. The molecule has 1 aliphatic heterocycles. The third kappa shape index (κ3) is 4.81. The second kappa shape index (κ2) is 8.65. The molecule has 1 fully saturated rings. The van der Waals surface area contributed by atoms with Crippen LogP contribution in [0.1, 0.15) is 38.7 Å². The molecule has 1 aromatic carbocycles. The zero-order valence-corrected chi connectivity index (χ0v) is 14.8. The molecule has 6 nitrogen and oxygen atoms in total. The molecule has 1 heterocycles. The molecule has 25 heavy (non-hydrogen) atoms. The van der Waals surface area contributed by atoms with Gasteiger partial charge in [-0.1, -0.05) is 50.6 Å². The van der Waals surface area contributed by atoms with E-state index in [9.17, 15) is 19.5 Å². The van der Waals surface area contributed by atoms with E-state index in [0.29, 0.717) is 25.8 Å². The zero-order valence-electron chi connectivity index (χ0n) is 14.8. The van der Waals surface area contributed by atoms with Crippen LogP contribution in [0.3, 0.4) is 0 Å². The van der Waals surface area contributed by atoms with Crippen LogP contribution in [0.15, 0.2) is 30.3 Å². The Morgan fingerprint density at radius 1 is 1.28 bits per heavy atom. The van der Waals surface area contributed by atoms with Crippen molar-refractivity contribution in [3.63, 3.8) is 0 Å². The summed E-state index contributed by atoms with van der Waals surface area (Å²) in [6.45, 7) is 4.28. The molecule has 0 bridgehead atoms. The molecule has 2 amide bonds. The van der Waals surface area contributed by atoms with Gasteiger partial charge in [-0.05, 0) is 24.3 Å². The number of amides is 2. The van der Waals surface area contributed by atoms with Crippen molar-refractivity contribution in [3.8, 4) is 0 Å². The molecule has 0 unspecified atom stereocenters. The van der Waals surface area contributed by atoms with E-state index in [1.54, 1.807) is 0 Å². The van der Waals surface area contributed by atoms with Gasteiger partial charge in [-0.2, -0.15) is 0 Å². The van der Waals surface area contributed by atoms with E-state index in [-0.39, 0.29) is 24.2 Å². The van der Waals surface area contributed by atoms with Gasteiger partial charge >= 0.3 is 5.97 Å². The molecule has 2 N–H and O–H groups in total. The summed E-state index contributed by atoms with van der Waals surface area (Å²) in [6.07, 6.45) is 2.05. The third-order valence-electron chi connectivity index (χ3n) is 4.82. The number of hydrogen-bond donors (Lipinski definition) is 2. The number of likely N-dealkylation sites (tertiary alicyclic amines) is 1. The first-order valence-corrected chi connectivity index (χ1v) is 8.80. The summed E-state index contributed by atoms with van der Waals surface area (Å²) in [7, 11) is 0. The largest absolute Gasteiger partial charge is 0.480 e. The lowest BCUT2D eigenvalue weighted by Gasteiger charge is -2.30. The number of nitrogens with zero attached hydrogens (tertiary/aromatic N) is 1. The monoisotopic (exact) mass is 346 g/mol. The third-order valence-corrected chi connectivity index (χ3v) is 4.82. The molecule has 0 radical (unpaired) electrons. The zero-order chi connectivity index (χ0) is 18.4. The predicted molar refractivity (Wildman–Crippen MR) is 93.9 cm³/mol. The van der Waals surface area contributed by atoms with Gasteiger partial charge in [0.15, 0.2) is 0 Å². The number of hydrogen-bond acceptors (Lipinski definition) is 3. The Kier molecular flexibility index (Phi) is 6.56. The highest BCUT2D eigenvalue weighted by Crippen LogP contribution is 2.21. The smallest absolute Gasteiger partial charge is 0.326 e. The van der Waals surface area contributed by atoms with Crippen LogP contribution >= 0.6 is 0 Å². The first-order chi connectivity index (χ1) is 11.9. The predicted octanol–water partition coefficient (Wildman–Crippen LogP) is 1.84. The lowest BCUT2D eigenvalue weighted by molar-refractivity contribution is -0.150. The van der Waals surface area contributed by atoms with E-state index >= 15 is 0 Å². The number of carbonyl (C=O) groups excluding carboxylic acids is 2. The van der Waals surface area contributed by atoms with E-state index in [2.05, 4.69) is 5.32 Å². The quantitative estimate of drug-likeness (QED) is 0.789. The minimum atomic E-state index is -0.982. The van der Waals surface area contributed by atoms with Crippen molar-refractivity contribution in [2.75, 3.05) is 6.54 Å². The van der Waals surface area contributed by atoms with E-state index < -0.39 is 18.1 Å². The minimum Gasteiger partial charge on any atom is -0.480 e. The van der Waals surface area contributed by atoms with Gasteiger partial charge in [0.1, 0.15) is 12.1 Å². The first kappa shape index (κ1) is 19.0. The number of aliphatic carboxylic acids is 1. The van der Waals surface area contributed by atoms with E-state index in [0.717, 1.165) is 5.56 Å². The molecule has 1 aliphatic rings. The molecule has 0 saturated carbocycles. The summed E-state index contributed by atoms with van der Waals surface area (Å²) in [5.41, 5.74) is 0.875. The van der Waals surface area contributed by atoms with Gasteiger partial charge in [0.25, 0.3) is 0 Å². The molecule has 0 aliphatic carbocycles. The highest BCUT2D eigenvalue weighted by molar-refractivity contribution is 5.91. The van der Waals surface area contributed by atoms with Crippen LogP contribution < -0.4 is 5.32 Å². The Morgan fingerprint density at radius 3 is 2.56 bits per heavy atom. The summed E-state index contributed by atoms with van der Waals surface area (Å²) >= 11 is 0. The Hall–Kier alpha value is -2.37. The highest BCUT2D eigenvalue weighted by atomic mass is 16.4. The fraction of sp³-hybridized carbons (Fsp3) is 0.526. The standard InChI is InChI=1S/C19H26N2O4/c1-3-13(2)17(18(23)21-11-7-10-15(21)19(24)25)20-16(22)12-14-8-5-4-6-9-14/h4-6,8-9,13,15,17H,3,7,10-12H2,1-2H3,(H,20,22)(H,24,25)/t13-,15-,17-/m0/s1. The second-order valence-electron chi connectivity index (χ2n) is 6.62. The SMILES string of the molecule is CC[C@H](C)[C@H](NC(=O)Cc1ccccc1)C(=O)N1CCC[C@H]1C(=O)O. The Balaban J connectivity index is 2.09. The maximum absolute atomic E-state index is 12.9. The summed E-state index contributed by atoms with van der Waals surface area (Å²) in [5.74, 6) is -1.57. The molecule has 1 saturated heterocycles. The fourth-order valence-corrected chi connectivity index (χ4v) is 3.15. The Labute approximate surface area is 148 Å². The van der Waals surface area contributed by atoms with Crippen LogP contribution in [-0.2, 0) is 20.8 Å². The molecule has 6 heteroatoms. The molecular formula is C19H26N2O4. The van der Waals surface area contributed by atoms with Gasteiger partial charge in [-0.25, -0.2) is 4.79 Å². The molecular weight excluding hydrogens is 320 g/mol. The van der Waals surface area contributed by atoms with Crippen molar-refractivity contribution in [1.29, 1.82) is 0 Å². The van der Waals surface area contributed by atoms with Crippen LogP contribution in [0.25, 0.3) is 0 Å². The summed E-state index contributed by atoms with van der Waals surface area (Å²) < 4.78 is 0. The Bertz CT molecular complexity index is 617. The number of carbonyl (C=O) groups is 3. The first-order valence-electron chi connectivity index (χ1n) is 8.80. The minimum absolute atomic E-state index is 0.0673. The van der Waals surface area contributed by atoms with Gasteiger partial charge in [0, 0.05) is 6.54 Å². The summed E-state index contributed by atoms with van der Waals surface area (Å²) in [5, 5.41) is 12.1. The van der Waals surface area contributed by atoms with Crippen molar-refractivity contribution in [2.45, 2.75) is 51.6 Å². The van der Waals surface area contributed by atoms with Crippen LogP contribution in [0.4, 0.5) is 0 Å². The summed E-state index contributed by atoms with van der Waals surface area (Å²) in [6, 6.07) is 7.85. The van der Waals surface area contributed by atoms with Crippen molar-refractivity contribution < 1.29 is 19.5 Å². The average molecular weight is 346 g/mol. The number of carboxylic acids is 1. The number of benzene rings is 1. The van der Waals surface area contributed by atoms with Crippen LogP contribution in [0.2, 0.25) is 0 Å². The van der Waals surface area contributed by atoms with Crippen molar-refractivity contribution in [3.05, 3.63) is 35.9 Å². The second-order valence-corrected chi connectivity index (χ2v) is 6.62. The van der Waals surface area contributed by atoms with Gasteiger partial charge in [-0.3, -0.25) is 9.59 Å². The van der Waals surface area contributed by atoms with Gasteiger partial charge in [0.2, 0.25) is 11.8 Å². The van der Waals surface area contributed by atoms with E-state index in [4.69, 9.17) is 0 Å². The average Bonchev–Trinajstić information content (AvgIpc) is 3.09. The van der Waals surface area contributed by atoms with Gasteiger partial charge in [-0.15, -0.1) is 0 Å². The van der Waals surface area contributed by atoms with Crippen LogP contribution in [0, 0.1) is 5.92 Å². The topological polar surface area (TPSA) is 86.7 Å². The van der Waals surface area contributed by atoms with Gasteiger partial charge in [0.05, 0.1) is 6.42 Å². The van der Waals surface area contributed by atoms with Crippen LogP contribution in [-0.4, -0.2) is 46.4 Å². The van der Waals surface area contributed by atoms with Gasteiger partial charge < -0.3 is 15.3 Å². The normalized spacial score (nSPS) is 19.3. The van der Waals surface area contributed by atoms with Crippen molar-refractivity contribution in [1.82, 2.24) is 10.2 Å². The molecule has 0 aromatic heterocycles. The van der Waals surface area contributed by atoms with Crippen LogP contribution in [0.5, 0.6) is 0 Å². The van der Waals surface area contributed by atoms with E-state index in [1.165, 1.54) is 4.90 Å². The molecule has 0 spiro atoms. The maximum atomic E-state index is 12.9. The Morgan fingerprint density at radius 2 is 1.96 bits per heavy atom. The molecule has 1 aromatic rings. The van der Waals surface area contributed by atoms with Crippen molar-refractivity contribution in [2.24, 2.45) is 5.92 Å². The number of nitrogens with one attached hydrogen (secondary N) is 1. The lowest BCUT2D eigenvalue weighted by atomic mass is 9.97. The van der Waals surface area contributed by atoms with Crippen molar-refractivity contribution >= 4 is 17.8 Å².